The first-order valence-corrected chi connectivity index (χ1v) is 8.35. The van der Waals surface area contributed by atoms with Crippen molar-refractivity contribution in [3.8, 4) is 11.6 Å². The minimum atomic E-state index is 0. The number of guanidine groups is 1. The molecule has 3 N–H and O–H groups in total. The van der Waals surface area contributed by atoms with E-state index in [1.165, 1.54) is 5.56 Å². The molecule has 0 saturated carbocycles. The Kier molecular flexibility index (Phi) is 9.79. The highest BCUT2D eigenvalue weighted by Gasteiger charge is 2.00. The van der Waals surface area contributed by atoms with E-state index in [4.69, 9.17) is 15.2 Å². The molecule has 26 heavy (non-hydrogen) atoms. The molecule has 1 aromatic heterocycles. The number of ether oxygens (including phenoxy) is 2. The predicted molar refractivity (Wildman–Crippen MR) is 115 cm³/mol. The molecule has 2 rings (SSSR count). The highest BCUT2D eigenvalue weighted by atomic mass is 127. The van der Waals surface area contributed by atoms with Gasteiger partial charge in [-0.2, -0.15) is 0 Å². The van der Waals surface area contributed by atoms with Crippen LogP contribution in [0.25, 0.3) is 0 Å². The van der Waals surface area contributed by atoms with Gasteiger partial charge in [-0.1, -0.05) is 18.2 Å². The third kappa shape index (κ3) is 7.90. The quantitative estimate of drug-likeness (QED) is 0.352. The fourth-order valence-electron chi connectivity index (χ4n) is 2.18. The van der Waals surface area contributed by atoms with Gasteiger partial charge in [0, 0.05) is 18.8 Å². The second-order valence-corrected chi connectivity index (χ2v) is 5.90. The lowest BCUT2D eigenvalue weighted by Gasteiger charge is -2.09. The second-order valence-electron chi connectivity index (χ2n) is 5.90. The number of nitrogens with one attached hydrogen (secondary N) is 1. The summed E-state index contributed by atoms with van der Waals surface area (Å²) in [5, 5.41) is 3.12. The van der Waals surface area contributed by atoms with Crippen LogP contribution in [-0.4, -0.2) is 30.7 Å². The summed E-state index contributed by atoms with van der Waals surface area (Å²) >= 11 is 0. The zero-order chi connectivity index (χ0) is 18.1. The van der Waals surface area contributed by atoms with Crippen LogP contribution in [0.2, 0.25) is 0 Å². The molecule has 0 spiro atoms. The van der Waals surface area contributed by atoms with Crippen molar-refractivity contribution in [1.82, 2.24) is 10.3 Å². The molecule has 0 bridgehead atoms. The third-order valence-corrected chi connectivity index (χ3v) is 3.46. The number of nitrogens with two attached hydrogens (primary N) is 1. The summed E-state index contributed by atoms with van der Waals surface area (Å²) in [6.45, 7) is 5.15. The second kappa shape index (κ2) is 11.6. The van der Waals surface area contributed by atoms with Crippen molar-refractivity contribution in [2.45, 2.75) is 32.9 Å². The molecule has 0 aliphatic heterocycles. The molecule has 1 aromatic carbocycles. The Morgan fingerprint density at radius 1 is 1.15 bits per heavy atom. The van der Waals surface area contributed by atoms with Crippen LogP contribution < -0.4 is 20.5 Å². The highest BCUT2D eigenvalue weighted by Crippen LogP contribution is 2.11. The number of methoxy groups -OCH3 is 1. The van der Waals surface area contributed by atoms with E-state index < -0.39 is 0 Å². The van der Waals surface area contributed by atoms with E-state index in [1.807, 2.05) is 50.2 Å². The Balaban J connectivity index is 0.00000338. The van der Waals surface area contributed by atoms with Crippen molar-refractivity contribution in [3.63, 3.8) is 0 Å². The van der Waals surface area contributed by atoms with Crippen molar-refractivity contribution < 1.29 is 9.47 Å². The van der Waals surface area contributed by atoms with Gasteiger partial charge in [0.1, 0.15) is 5.75 Å². The molecule has 142 valence electrons. The lowest BCUT2D eigenvalue weighted by Crippen LogP contribution is -2.33. The van der Waals surface area contributed by atoms with E-state index in [-0.39, 0.29) is 30.1 Å². The van der Waals surface area contributed by atoms with Crippen LogP contribution in [0.15, 0.2) is 47.6 Å². The Bertz CT molecular complexity index is 673. The summed E-state index contributed by atoms with van der Waals surface area (Å²) in [5.41, 5.74) is 8.10. The zero-order valence-corrected chi connectivity index (χ0v) is 17.8. The molecule has 7 heteroatoms. The number of aromatic nitrogens is 1. The molecule has 0 aliphatic rings. The minimum absolute atomic E-state index is 0. The smallest absolute Gasteiger partial charge is 0.213 e. The molecule has 2 aromatic rings. The first kappa shape index (κ1) is 22.0. The molecule has 1 heterocycles. The van der Waals surface area contributed by atoms with Crippen LogP contribution in [-0.2, 0) is 13.0 Å². The number of aliphatic imine (C=N–C) groups is 1. The van der Waals surface area contributed by atoms with Gasteiger partial charge in [0.15, 0.2) is 5.96 Å². The average Bonchev–Trinajstić information content (AvgIpc) is 2.61. The number of rotatable bonds is 8. The summed E-state index contributed by atoms with van der Waals surface area (Å²) in [6, 6.07) is 11.8. The summed E-state index contributed by atoms with van der Waals surface area (Å²) in [5.74, 6) is 1.90. The normalized spacial score (nSPS) is 11.0. The molecular weight excluding hydrogens is 443 g/mol. The number of hydrogen-bond donors (Lipinski definition) is 2. The van der Waals surface area contributed by atoms with Crippen molar-refractivity contribution in [3.05, 3.63) is 53.7 Å². The summed E-state index contributed by atoms with van der Waals surface area (Å²) in [4.78, 5) is 8.58. The maximum Gasteiger partial charge on any atom is 0.213 e. The van der Waals surface area contributed by atoms with Gasteiger partial charge in [-0.15, -0.1) is 24.0 Å². The van der Waals surface area contributed by atoms with E-state index in [9.17, 15) is 0 Å². The largest absolute Gasteiger partial charge is 0.497 e. The molecule has 0 unspecified atom stereocenters. The maximum absolute atomic E-state index is 5.90. The Morgan fingerprint density at radius 3 is 2.42 bits per heavy atom. The minimum Gasteiger partial charge on any atom is -0.497 e. The lowest BCUT2D eigenvalue weighted by molar-refractivity contribution is 0.232. The summed E-state index contributed by atoms with van der Waals surface area (Å²) in [7, 11) is 1.66. The van der Waals surface area contributed by atoms with E-state index in [0.717, 1.165) is 24.3 Å². The fourth-order valence-corrected chi connectivity index (χ4v) is 2.18. The summed E-state index contributed by atoms with van der Waals surface area (Å²) in [6.07, 6.45) is 2.73. The summed E-state index contributed by atoms with van der Waals surface area (Å²) < 4.78 is 10.7. The van der Waals surface area contributed by atoms with E-state index in [0.29, 0.717) is 18.4 Å². The van der Waals surface area contributed by atoms with Gasteiger partial charge in [-0.3, -0.25) is 0 Å². The van der Waals surface area contributed by atoms with Crippen LogP contribution in [0.1, 0.15) is 25.0 Å². The monoisotopic (exact) mass is 470 g/mol. The molecular formula is C19H27IN4O2. The van der Waals surface area contributed by atoms with Crippen molar-refractivity contribution >= 4 is 29.9 Å². The van der Waals surface area contributed by atoms with Gasteiger partial charge >= 0.3 is 0 Å². The van der Waals surface area contributed by atoms with Crippen molar-refractivity contribution in [1.29, 1.82) is 0 Å². The average molecular weight is 470 g/mol. The molecule has 0 amide bonds. The third-order valence-electron chi connectivity index (χ3n) is 3.46. The zero-order valence-electron chi connectivity index (χ0n) is 15.4. The van der Waals surface area contributed by atoms with E-state index in [2.05, 4.69) is 15.3 Å². The molecule has 6 nitrogen and oxygen atoms in total. The molecule has 0 fully saturated rings. The maximum atomic E-state index is 5.90. The number of nitrogens with zero attached hydrogens (tertiary/aromatic N) is 2. The molecule has 0 atom stereocenters. The van der Waals surface area contributed by atoms with Crippen LogP contribution in [0.3, 0.4) is 0 Å². The number of benzene rings is 1. The standard InChI is InChI=1S/C19H26N4O2.HI/c1-14(2)25-18-9-6-16(12-22-18)13-23-19(20)21-11-10-15-4-7-17(24-3)8-5-15;/h4-9,12,14H,10-11,13H2,1-3H3,(H3,20,21,23);1H. The molecule has 0 radical (unpaired) electrons. The first-order chi connectivity index (χ1) is 12.1. The van der Waals surface area contributed by atoms with Gasteiger partial charge in [-0.25, -0.2) is 9.98 Å². The SMILES string of the molecule is COc1ccc(CCNC(N)=NCc2ccc(OC(C)C)nc2)cc1.I. The van der Waals surface area contributed by atoms with Gasteiger partial charge in [0.2, 0.25) is 5.88 Å². The van der Waals surface area contributed by atoms with Gasteiger partial charge < -0.3 is 20.5 Å². The van der Waals surface area contributed by atoms with Gasteiger partial charge in [0.05, 0.1) is 19.8 Å². The Morgan fingerprint density at radius 2 is 1.85 bits per heavy atom. The van der Waals surface area contributed by atoms with Crippen LogP contribution in [0.4, 0.5) is 0 Å². The van der Waals surface area contributed by atoms with Gasteiger partial charge in [0.25, 0.3) is 0 Å². The van der Waals surface area contributed by atoms with E-state index in [1.54, 1.807) is 13.3 Å². The van der Waals surface area contributed by atoms with E-state index >= 15 is 0 Å². The molecule has 0 aliphatic carbocycles. The van der Waals surface area contributed by atoms with Crippen LogP contribution in [0.5, 0.6) is 11.6 Å². The van der Waals surface area contributed by atoms with Crippen molar-refractivity contribution in [2.75, 3.05) is 13.7 Å². The highest BCUT2D eigenvalue weighted by molar-refractivity contribution is 14.0. The fraction of sp³-hybridized carbons (Fsp3) is 0.368. The van der Waals surface area contributed by atoms with Crippen LogP contribution in [0, 0.1) is 0 Å². The van der Waals surface area contributed by atoms with Gasteiger partial charge in [-0.05, 0) is 43.5 Å². The predicted octanol–water partition coefficient (Wildman–Crippen LogP) is 3.14. The number of hydrogen-bond acceptors (Lipinski definition) is 4. The molecule has 0 saturated heterocycles. The van der Waals surface area contributed by atoms with Crippen LogP contribution >= 0.6 is 24.0 Å². The number of halogens is 1. The number of pyridine rings is 1. The lowest BCUT2D eigenvalue weighted by atomic mass is 10.1. The first-order valence-electron chi connectivity index (χ1n) is 8.35. The Hall–Kier alpha value is -2.03. The Labute approximate surface area is 172 Å². The van der Waals surface area contributed by atoms with Crippen molar-refractivity contribution in [2.24, 2.45) is 10.7 Å². The topological polar surface area (TPSA) is 81.8 Å².